The van der Waals surface area contributed by atoms with Crippen molar-refractivity contribution >= 4 is 81.1 Å². The zero-order chi connectivity index (χ0) is 36.3. The average molecular weight is 719 g/mol. The Kier molecular flexibility index (Phi) is 7.39. The largest absolute Gasteiger partial charge is 0.310 e. The molecule has 2 nitrogen and oxygen atoms in total. The summed E-state index contributed by atoms with van der Waals surface area (Å²) in [6.45, 7) is 0. The van der Waals surface area contributed by atoms with Gasteiger partial charge in [0.25, 0.3) is 0 Å². The van der Waals surface area contributed by atoms with Crippen molar-refractivity contribution in [1.82, 2.24) is 4.57 Å². The van der Waals surface area contributed by atoms with Gasteiger partial charge in [-0.3, -0.25) is 0 Å². The molecule has 0 fully saturated rings. The molecular weight excluding hydrogens is 685 g/mol. The third-order valence-electron chi connectivity index (χ3n) is 11.0. The number of fused-ring (bicyclic) bond motifs is 8. The summed E-state index contributed by atoms with van der Waals surface area (Å²) in [6, 6.07) is 75.1. The highest BCUT2D eigenvalue weighted by molar-refractivity contribution is 7.26. The Hall–Kier alpha value is -6.94. The van der Waals surface area contributed by atoms with Crippen molar-refractivity contribution in [3.8, 4) is 27.9 Å². The summed E-state index contributed by atoms with van der Waals surface area (Å²) < 4.78 is 5.04. The number of anilines is 3. The van der Waals surface area contributed by atoms with E-state index in [2.05, 4.69) is 216 Å². The van der Waals surface area contributed by atoms with Crippen LogP contribution in [0.1, 0.15) is 0 Å². The molecule has 0 atom stereocenters. The lowest BCUT2D eigenvalue weighted by Crippen LogP contribution is -2.10. The molecule has 0 aliphatic heterocycles. The van der Waals surface area contributed by atoms with Crippen LogP contribution < -0.4 is 4.90 Å². The highest BCUT2D eigenvalue weighted by Gasteiger charge is 2.18. The normalized spacial score (nSPS) is 11.6. The summed E-state index contributed by atoms with van der Waals surface area (Å²) in [5.41, 5.74) is 11.7. The van der Waals surface area contributed by atoms with Gasteiger partial charge >= 0.3 is 0 Å². The smallest absolute Gasteiger partial charge is 0.0542 e. The first-order valence-electron chi connectivity index (χ1n) is 18.8. The van der Waals surface area contributed by atoms with Crippen LogP contribution in [-0.2, 0) is 0 Å². The molecule has 0 unspecified atom stereocenters. The van der Waals surface area contributed by atoms with Crippen LogP contribution in [0.25, 0.3) is 80.7 Å². The Morgan fingerprint density at radius 2 is 0.945 bits per heavy atom. The molecule has 3 heteroatoms. The molecule has 0 bridgehead atoms. The topological polar surface area (TPSA) is 8.17 Å². The maximum atomic E-state index is 2.39. The fraction of sp³-hybridized carbons (Fsp3) is 0. The summed E-state index contributed by atoms with van der Waals surface area (Å²) >= 11 is 1.87. The van der Waals surface area contributed by atoms with Crippen LogP contribution in [0, 0.1) is 0 Å². The van der Waals surface area contributed by atoms with Gasteiger partial charge in [-0.25, -0.2) is 0 Å². The van der Waals surface area contributed by atoms with Gasteiger partial charge in [-0.2, -0.15) is 0 Å². The minimum atomic E-state index is 1.11. The number of rotatable bonds is 6. The molecule has 0 N–H and O–H groups in total. The SMILES string of the molecule is c1ccc(-c2ccc(N(c3ccc(-c4cccc5c4ccc4sc6ccccc6c45)cc3)c3ccc4c(c3)c3ccccc3n4-c3ccccc3)cc2)cc1. The van der Waals surface area contributed by atoms with E-state index in [1.54, 1.807) is 0 Å². The van der Waals surface area contributed by atoms with E-state index in [0.717, 1.165) is 22.7 Å². The standard InChI is InChI=1S/C52H34N2S/c1-3-12-35(13-4-1)36-22-26-39(27-23-36)53(41-30-32-49-47(34-41)44-16-7-9-20-48(44)54(49)38-14-5-2-6-15-38)40-28-24-37(25-29-40)42-18-11-19-45-43(42)31-33-51-52(45)46-17-8-10-21-50(46)55-51/h1-34H. The summed E-state index contributed by atoms with van der Waals surface area (Å²) in [5.74, 6) is 0. The number of para-hydroxylation sites is 2. The first-order valence-corrected chi connectivity index (χ1v) is 19.6. The van der Waals surface area contributed by atoms with E-state index >= 15 is 0 Å². The molecule has 0 amide bonds. The molecule has 2 aromatic heterocycles. The number of benzene rings is 9. The van der Waals surface area contributed by atoms with E-state index in [4.69, 9.17) is 0 Å². The molecule has 55 heavy (non-hydrogen) atoms. The van der Waals surface area contributed by atoms with Gasteiger partial charge in [0.15, 0.2) is 0 Å². The third-order valence-corrected chi connectivity index (χ3v) is 12.1. The van der Waals surface area contributed by atoms with Crippen LogP contribution in [0.4, 0.5) is 17.1 Å². The van der Waals surface area contributed by atoms with Crippen molar-refractivity contribution in [1.29, 1.82) is 0 Å². The summed E-state index contributed by atoms with van der Waals surface area (Å²) in [6.07, 6.45) is 0. The van der Waals surface area contributed by atoms with Crippen LogP contribution >= 0.6 is 11.3 Å². The number of nitrogens with zero attached hydrogens (tertiary/aromatic N) is 2. The molecule has 11 rings (SSSR count). The van der Waals surface area contributed by atoms with Crippen LogP contribution in [0.3, 0.4) is 0 Å². The van der Waals surface area contributed by atoms with E-state index in [1.807, 2.05) is 11.3 Å². The Balaban J connectivity index is 1.06. The van der Waals surface area contributed by atoms with Gasteiger partial charge in [-0.05, 0) is 106 Å². The number of hydrogen-bond acceptors (Lipinski definition) is 2. The van der Waals surface area contributed by atoms with E-state index < -0.39 is 0 Å². The summed E-state index contributed by atoms with van der Waals surface area (Å²) in [4.78, 5) is 2.39. The van der Waals surface area contributed by atoms with Gasteiger partial charge in [0.1, 0.15) is 0 Å². The Morgan fingerprint density at radius 3 is 1.73 bits per heavy atom. The van der Waals surface area contributed by atoms with Gasteiger partial charge < -0.3 is 9.47 Å². The van der Waals surface area contributed by atoms with E-state index in [0.29, 0.717) is 0 Å². The van der Waals surface area contributed by atoms with E-state index in [-0.39, 0.29) is 0 Å². The highest BCUT2D eigenvalue weighted by atomic mass is 32.1. The minimum absolute atomic E-state index is 1.11. The number of aromatic nitrogens is 1. The summed E-state index contributed by atoms with van der Waals surface area (Å²) in [7, 11) is 0. The Morgan fingerprint density at radius 1 is 0.345 bits per heavy atom. The first-order chi connectivity index (χ1) is 27.3. The van der Waals surface area contributed by atoms with Crippen molar-refractivity contribution in [3.05, 3.63) is 206 Å². The summed E-state index contributed by atoms with van der Waals surface area (Å²) in [5, 5.41) is 7.73. The fourth-order valence-electron chi connectivity index (χ4n) is 8.46. The second kappa shape index (κ2) is 12.9. The van der Waals surface area contributed by atoms with E-state index in [1.165, 1.54) is 75.0 Å². The van der Waals surface area contributed by atoms with Crippen molar-refractivity contribution in [2.24, 2.45) is 0 Å². The lowest BCUT2D eigenvalue weighted by molar-refractivity contribution is 1.18. The second-order valence-electron chi connectivity index (χ2n) is 14.1. The molecule has 258 valence electrons. The molecule has 0 radical (unpaired) electrons. The molecule has 0 saturated carbocycles. The zero-order valence-electron chi connectivity index (χ0n) is 29.9. The molecule has 0 aliphatic rings. The van der Waals surface area contributed by atoms with Crippen LogP contribution in [0.5, 0.6) is 0 Å². The molecule has 11 aromatic rings. The molecule has 2 heterocycles. The predicted octanol–water partition coefficient (Wildman–Crippen LogP) is 15.1. The molecular formula is C52H34N2S. The van der Waals surface area contributed by atoms with Crippen molar-refractivity contribution in [2.45, 2.75) is 0 Å². The molecule has 0 aliphatic carbocycles. The minimum Gasteiger partial charge on any atom is -0.310 e. The van der Waals surface area contributed by atoms with E-state index in [9.17, 15) is 0 Å². The van der Waals surface area contributed by atoms with Crippen LogP contribution in [-0.4, -0.2) is 4.57 Å². The molecule has 9 aromatic carbocycles. The van der Waals surface area contributed by atoms with Crippen molar-refractivity contribution < 1.29 is 0 Å². The van der Waals surface area contributed by atoms with Gasteiger partial charge in [-0.15, -0.1) is 11.3 Å². The number of thiophene rings is 1. The second-order valence-corrected chi connectivity index (χ2v) is 15.2. The quantitative estimate of drug-likeness (QED) is 0.166. The van der Waals surface area contributed by atoms with Gasteiger partial charge in [0, 0.05) is 53.7 Å². The van der Waals surface area contributed by atoms with Crippen molar-refractivity contribution in [3.63, 3.8) is 0 Å². The number of hydrogen-bond donors (Lipinski definition) is 0. The zero-order valence-corrected chi connectivity index (χ0v) is 30.7. The predicted molar refractivity (Wildman–Crippen MR) is 237 cm³/mol. The molecule has 0 spiro atoms. The molecule has 0 saturated heterocycles. The average Bonchev–Trinajstić information content (AvgIpc) is 3.81. The maximum Gasteiger partial charge on any atom is 0.0542 e. The Bertz CT molecular complexity index is 3180. The lowest BCUT2D eigenvalue weighted by Gasteiger charge is -2.26. The van der Waals surface area contributed by atoms with Crippen LogP contribution in [0.2, 0.25) is 0 Å². The van der Waals surface area contributed by atoms with Crippen molar-refractivity contribution in [2.75, 3.05) is 4.90 Å². The van der Waals surface area contributed by atoms with Crippen LogP contribution in [0.15, 0.2) is 206 Å². The van der Waals surface area contributed by atoms with Gasteiger partial charge in [-0.1, -0.05) is 133 Å². The third kappa shape index (κ3) is 5.24. The lowest BCUT2D eigenvalue weighted by atomic mass is 9.95. The first kappa shape index (κ1) is 31.6. The Labute approximate surface area is 323 Å². The monoisotopic (exact) mass is 718 g/mol. The highest BCUT2D eigenvalue weighted by Crippen LogP contribution is 2.43. The van der Waals surface area contributed by atoms with Gasteiger partial charge in [0.05, 0.1) is 11.0 Å². The van der Waals surface area contributed by atoms with Gasteiger partial charge in [0.2, 0.25) is 0 Å². The fourth-order valence-corrected chi connectivity index (χ4v) is 9.58. The maximum absolute atomic E-state index is 2.39.